The number of carbonyl (C=O) groups excluding carboxylic acids is 1. The average Bonchev–Trinajstić information content (AvgIpc) is 2.68. The second kappa shape index (κ2) is 7.57. The zero-order chi connectivity index (χ0) is 18.8. The van der Waals surface area contributed by atoms with Crippen molar-refractivity contribution in [3.63, 3.8) is 0 Å². The van der Waals surface area contributed by atoms with Crippen LogP contribution in [0.15, 0.2) is 24.5 Å². The third-order valence-corrected chi connectivity index (χ3v) is 7.65. The Morgan fingerprint density at radius 1 is 1.27 bits per heavy atom. The summed E-state index contributed by atoms with van der Waals surface area (Å²) in [5, 5.41) is 18.1. The Morgan fingerprint density at radius 2 is 1.92 bits per heavy atom. The first kappa shape index (κ1) is 19.2. The van der Waals surface area contributed by atoms with E-state index in [1.165, 1.54) is 9.79 Å². The van der Waals surface area contributed by atoms with E-state index in [4.69, 9.17) is 9.94 Å². The van der Waals surface area contributed by atoms with Crippen molar-refractivity contribution >= 4 is 15.9 Å². The summed E-state index contributed by atoms with van der Waals surface area (Å²) in [7, 11) is -3.93. The van der Waals surface area contributed by atoms with Crippen LogP contribution < -0.4 is 5.48 Å². The number of pyridine rings is 1. The molecule has 0 aliphatic carbocycles. The van der Waals surface area contributed by atoms with Gasteiger partial charge in [0.05, 0.1) is 6.61 Å². The number of rotatable bonds is 4. The number of carbonyl (C=O) groups is 1. The highest BCUT2D eigenvalue weighted by molar-refractivity contribution is 7.89. The first-order valence-corrected chi connectivity index (χ1v) is 10.0. The predicted octanol–water partition coefficient (Wildman–Crippen LogP) is -0.384. The number of amides is 1. The van der Waals surface area contributed by atoms with Crippen molar-refractivity contribution in [3.8, 4) is 0 Å². The van der Waals surface area contributed by atoms with Gasteiger partial charge in [0.1, 0.15) is 5.25 Å². The van der Waals surface area contributed by atoms with Crippen LogP contribution >= 0.6 is 0 Å². The lowest BCUT2D eigenvalue weighted by Gasteiger charge is -2.41. The van der Waals surface area contributed by atoms with Crippen molar-refractivity contribution in [2.24, 2.45) is 0 Å². The molecule has 0 radical (unpaired) electrons. The molecule has 2 saturated heterocycles. The monoisotopic (exact) mass is 385 g/mol. The number of hydrogen-bond acceptors (Lipinski definition) is 7. The number of aromatic nitrogens is 1. The summed E-state index contributed by atoms with van der Waals surface area (Å²) in [5.74, 6) is -0.920. The van der Waals surface area contributed by atoms with E-state index in [0.717, 1.165) is 5.56 Å². The van der Waals surface area contributed by atoms with Crippen LogP contribution in [0.1, 0.15) is 30.7 Å². The smallest absolute Gasteiger partial charge is 0.279 e. The Morgan fingerprint density at radius 3 is 2.54 bits per heavy atom. The number of ether oxygens (including phenoxy) is 1. The largest absolute Gasteiger partial charge is 0.378 e. The Labute approximate surface area is 152 Å². The Hall–Kier alpha value is -1.59. The molecular weight excluding hydrogens is 362 g/mol. The van der Waals surface area contributed by atoms with Gasteiger partial charge in [0.15, 0.2) is 5.60 Å². The molecule has 1 aromatic heterocycles. The van der Waals surface area contributed by atoms with Gasteiger partial charge in [0.25, 0.3) is 5.91 Å². The van der Waals surface area contributed by atoms with Crippen molar-refractivity contribution < 1.29 is 28.3 Å². The van der Waals surface area contributed by atoms with E-state index < -0.39 is 33.4 Å². The molecule has 2 atom stereocenters. The third-order valence-electron chi connectivity index (χ3n) is 5.22. The van der Waals surface area contributed by atoms with Crippen molar-refractivity contribution in [2.45, 2.75) is 36.0 Å². The molecule has 144 valence electrons. The molecule has 2 fully saturated rings. The first-order chi connectivity index (χ1) is 12.4. The topological polar surface area (TPSA) is 129 Å². The van der Waals surface area contributed by atoms with Gasteiger partial charge < -0.3 is 9.84 Å². The van der Waals surface area contributed by atoms with Gasteiger partial charge in [0, 0.05) is 32.1 Å². The molecule has 10 heteroatoms. The quantitative estimate of drug-likeness (QED) is 0.476. The van der Waals surface area contributed by atoms with E-state index in [0.29, 0.717) is 25.9 Å². The molecule has 26 heavy (non-hydrogen) atoms. The van der Waals surface area contributed by atoms with Gasteiger partial charge in [-0.1, -0.05) is 0 Å². The molecule has 3 heterocycles. The molecule has 0 bridgehead atoms. The van der Waals surface area contributed by atoms with Crippen LogP contribution in [0, 0.1) is 0 Å². The lowest BCUT2D eigenvalue weighted by atomic mass is 9.91. The van der Waals surface area contributed by atoms with Crippen LogP contribution in [0.5, 0.6) is 0 Å². The van der Waals surface area contributed by atoms with Gasteiger partial charge in [-0.25, -0.2) is 18.2 Å². The lowest BCUT2D eigenvalue weighted by molar-refractivity contribution is -0.161. The van der Waals surface area contributed by atoms with E-state index in [1.54, 1.807) is 12.4 Å². The third kappa shape index (κ3) is 3.47. The number of aliphatic hydroxyl groups is 1. The maximum Gasteiger partial charge on any atom is 0.279 e. The van der Waals surface area contributed by atoms with Gasteiger partial charge in [-0.15, -0.1) is 0 Å². The molecule has 0 saturated carbocycles. The van der Waals surface area contributed by atoms with Crippen molar-refractivity contribution in [2.75, 3.05) is 26.3 Å². The molecule has 0 aromatic carbocycles. The molecule has 0 spiro atoms. The van der Waals surface area contributed by atoms with E-state index in [-0.39, 0.29) is 18.9 Å². The Balaban J connectivity index is 1.75. The number of nitrogens with zero attached hydrogens (tertiary/aromatic N) is 2. The van der Waals surface area contributed by atoms with Crippen molar-refractivity contribution in [3.05, 3.63) is 30.1 Å². The maximum absolute atomic E-state index is 13.1. The summed E-state index contributed by atoms with van der Waals surface area (Å²) >= 11 is 0. The van der Waals surface area contributed by atoms with E-state index in [2.05, 4.69) is 4.98 Å². The van der Waals surface area contributed by atoms with Crippen LogP contribution in [0.25, 0.3) is 0 Å². The molecule has 2 aliphatic rings. The van der Waals surface area contributed by atoms with Crippen LogP contribution in [-0.4, -0.2) is 71.1 Å². The number of hydrogen-bond donors (Lipinski definition) is 3. The van der Waals surface area contributed by atoms with E-state index in [9.17, 15) is 18.3 Å². The molecule has 2 unspecified atom stereocenters. The zero-order valence-electron chi connectivity index (χ0n) is 14.2. The number of hydroxylamine groups is 1. The van der Waals surface area contributed by atoms with Gasteiger partial charge in [-0.05, 0) is 42.9 Å². The SMILES string of the molecule is O=C(NO)C1(O)COCCC1S(=O)(=O)N1CCC(c2ccncc2)CC1. The number of piperidine rings is 1. The summed E-state index contributed by atoms with van der Waals surface area (Å²) in [6.45, 7) is 0.266. The van der Waals surface area contributed by atoms with Crippen LogP contribution in [0.4, 0.5) is 0 Å². The summed E-state index contributed by atoms with van der Waals surface area (Å²) < 4.78 is 32.5. The van der Waals surface area contributed by atoms with Crippen LogP contribution in [0.2, 0.25) is 0 Å². The molecule has 9 nitrogen and oxygen atoms in total. The second-order valence-corrected chi connectivity index (χ2v) is 8.81. The van der Waals surface area contributed by atoms with Gasteiger partial charge in [-0.2, -0.15) is 0 Å². The molecule has 1 aromatic rings. The minimum Gasteiger partial charge on any atom is -0.378 e. The fourth-order valence-electron chi connectivity index (χ4n) is 3.71. The number of nitrogens with one attached hydrogen (secondary N) is 1. The van der Waals surface area contributed by atoms with E-state index >= 15 is 0 Å². The van der Waals surface area contributed by atoms with E-state index in [1.807, 2.05) is 12.1 Å². The highest BCUT2D eigenvalue weighted by atomic mass is 32.2. The average molecular weight is 385 g/mol. The van der Waals surface area contributed by atoms with Crippen molar-refractivity contribution in [1.82, 2.24) is 14.8 Å². The highest BCUT2D eigenvalue weighted by Gasteiger charge is 2.54. The fourth-order valence-corrected chi connectivity index (χ4v) is 5.85. The van der Waals surface area contributed by atoms with Gasteiger partial charge in [-0.3, -0.25) is 15.0 Å². The molecule has 1 amide bonds. The molecular formula is C16H23N3O6S. The zero-order valence-corrected chi connectivity index (χ0v) is 15.1. The summed E-state index contributed by atoms with van der Waals surface area (Å²) in [4.78, 5) is 15.9. The number of sulfonamides is 1. The van der Waals surface area contributed by atoms with Crippen molar-refractivity contribution in [1.29, 1.82) is 0 Å². The molecule has 3 N–H and O–H groups in total. The standard InChI is InChI=1S/C16H23N3O6S/c20-15(18-22)16(21)11-25-10-5-14(16)26(23,24)19-8-3-13(4-9-19)12-1-6-17-7-2-12/h1-2,6-7,13-14,21-22H,3-5,8-11H2,(H,18,20). The predicted molar refractivity (Wildman–Crippen MR) is 90.8 cm³/mol. The second-order valence-electron chi connectivity index (χ2n) is 6.69. The van der Waals surface area contributed by atoms with Gasteiger partial charge >= 0.3 is 0 Å². The summed E-state index contributed by atoms with van der Waals surface area (Å²) in [6, 6.07) is 3.86. The minimum atomic E-state index is -3.93. The molecule has 2 aliphatic heterocycles. The van der Waals surface area contributed by atoms with Crippen LogP contribution in [-0.2, 0) is 19.6 Å². The maximum atomic E-state index is 13.1. The first-order valence-electron chi connectivity index (χ1n) is 8.53. The lowest BCUT2D eigenvalue weighted by Crippen LogP contribution is -2.64. The summed E-state index contributed by atoms with van der Waals surface area (Å²) in [5.41, 5.74) is 0.164. The highest BCUT2D eigenvalue weighted by Crippen LogP contribution is 2.33. The minimum absolute atomic E-state index is 0.0173. The fraction of sp³-hybridized carbons (Fsp3) is 0.625. The molecule has 3 rings (SSSR count). The summed E-state index contributed by atoms with van der Waals surface area (Å²) in [6.07, 6.45) is 4.72. The Kier molecular flexibility index (Phi) is 5.58. The Bertz CT molecular complexity index is 736. The van der Waals surface area contributed by atoms with Crippen LogP contribution in [0.3, 0.4) is 0 Å². The van der Waals surface area contributed by atoms with Gasteiger partial charge in [0.2, 0.25) is 10.0 Å². The normalized spacial score (nSPS) is 28.6.